The molecular formula is C18H20FN5O3. The topological polar surface area (TPSA) is 74.3 Å². The molecule has 0 radical (unpaired) electrons. The minimum absolute atomic E-state index is 0.239. The molecule has 2 aromatic heterocycles. The Balaban J connectivity index is 1.95. The Morgan fingerprint density at radius 1 is 1.07 bits per heavy atom. The van der Waals surface area contributed by atoms with E-state index in [1.807, 2.05) is 9.47 Å². The SMILES string of the molecule is Cn1c(=O)c2nc(N3CCOCC3)n(Cc3ccc(F)cc3)c2n(C)c1=O. The Hall–Kier alpha value is -2.94. The smallest absolute Gasteiger partial charge is 0.332 e. The van der Waals surface area contributed by atoms with E-state index in [1.54, 1.807) is 19.2 Å². The number of rotatable bonds is 3. The zero-order chi connectivity index (χ0) is 19.1. The van der Waals surface area contributed by atoms with Gasteiger partial charge in [0.1, 0.15) is 5.82 Å². The predicted octanol–water partition coefficient (Wildman–Crippen LogP) is 0.458. The summed E-state index contributed by atoms with van der Waals surface area (Å²) in [6.45, 7) is 2.78. The van der Waals surface area contributed by atoms with Crippen molar-refractivity contribution in [2.45, 2.75) is 6.54 Å². The van der Waals surface area contributed by atoms with Crippen molar-refractivity contribution in [3.05, 3.63) is 56.5 Å². The van der Waals surface area contributed by atoms with Crippen LogP contribution < -0.4 is 16.1 Å². The molecule has 0 aliphatic carbocycles. The number of nitrogens with zero attached hydrogens (tertiary/aromatic N) is 5. The number of hydrogen-bond donors (Lipinski definition) is 0. The number of aromatic nitrogens is 4. The molecule has 0 amide bonds. The summed E-state index contributed by atoms with van der Waals surface area (Å²) in [6.07, 6.45) is 0. The van der Waals surface area contributed by atoms with Crippen molar-refractivity contribution >= 4 is 17.1 Å². The van der Waals surface area contributed by atoms with Crippen LogP contribution in [0.1, 0.15) is 5.56 Å². The van der Waals surface area contributed by atoms with Gasteiger partial charge >= 0.3 is 5.69 Å². The van der Waals surface area contributed by atoms with Crippen molar-refractivity contribution in [2.75, 3.05) is 31.2 Å². The molecule has 0 saturated carbocycles. The molecule has 1 aliphatic heterocycles. The van der Waals surface area contributed by atoms with Crippen LogP contribution in [0.5, 0.6) is 0 Å². The fourth-order valence-electron chi connectivity index (χ4n) is 3.40. The lowest BCUT2D eigenvalue weighted by Gasteiger charge is -2.28. The number of benzene rings is 1. The first-order valence-electron chi connectivity index (χ1n) is 8.71. The molecule has 1 aliphatic rings. The first-order valence-corrected chi connectivity index (χ1v) is 8.71. The quantitative estimate of drug-likeness (QED) is 0.667. The fourth-order valence-corrected chi connectivity index (χ4v) is 3.40. The molecule has 9 heteroatoms. The maximum absolute atomic E-state index is 13.3. The molecule has 0 bridgehead atoms. The largest absolute Gasteiger partial charge is 0.378 e. The first kappa shape index (κ1) is 17.5. The minimum atomic E-state index is -0.430. The number of hydrogen-bond acceptors (Lipinski definition) is 5. The molecule has 1 aromatic carbocycles. The third-order valence-electron chi connectivity index (χ3n) is 4.87. The van der Waals surface area contributed by atoms with Crippen LogP contribution in [-0.2, 0) is 25.4 Å². The van der Waals surface area contributed by atoms with Gasteiger partial charge in [-0.25, -0.2) is 14.2 Å². The van der Waals surface area contributed by atoms with Crippen LogP contribution in [0.3, 0.4) is 0 Å². The van der Waals surface area contributed by atoms with E-state index in [1.165, 1.54) is 23.7 Å². The Bertz CT molecular complexity index is 1110. The molecule has 27 heavy (non-hydrogen) atoms. The summed E-state index contributed by atoms with van der Waals surface area (Å²) in [4.78, 5) is 31.7. The van der Waals surface area contributed by atoms with Gasteiger partial charge in [0.05, 0.1) is 19.8 Å². The molecule has 1 saturated heterocycles. The summed E-state index contributed by atoms with van der Waals surface area (Å²) in [5.74, 6) is 0.292. The molecular weight excluding hydrogens is 353 g/mol. The molecule has 1 fully saturated rings. The molecule has 142 valence electrons. The molecule has 0 spiro atoms. The summed E-state index contributed by atoms with van der Waals surface area (Å²) in [7, 11) is 3.06. The average Bonchev–Trinajstić information content (AvgIpc) is 3.06. The Kier molecular flexibility index (Phi) is 4.31. The van der Waals surface area contributed by atoms with E-state index in [0.717, 1.165) is 10.1 Å². The molecule has 0 atom stereocenters. The molecule has 3 heterocycles. The van der Waals surface area contributed by atoms with Gasteiger partial charge in [-0.15, -0.1) is 0 Å². The zero-order valence-electron chi connectivity index (χ0n) is 15.2. The van der Waals surface area contributed by atoms with Crippen LogP contribution in [0.2, 0.25) is 0 Å². The fraction of sp³-hybridized carbons (Fsp3) is 0.389. The molecule has 4 rings (SSSR count). The van der Waals surface area contributed by atoms with Crippen LogP contribution >= 0.6 is 0 Å². The van der Waals surface area contributed by atoms with Crippen molar-refractivity contribution in [1.29, 1.82) is 0 Å². The monoisotopic (exact) mass is 373 g/mol. The number of ether oxygens (including phenoxy) is 1. The highest BCUT2D eigenvalue weighted by atomic mass is 19.1. The van der Waals surface area contributed by atoms with E-state index in [2.05, 4.69) is 4.98 Å². The van der Waals surface area contributed by atoms with Gasteiger partial charge in [-0.05, 0) is 17.7 Å². The maximum Gasteiger partial charge on any atom is 0.332 e. The van der Waals surface area contributed by atoms with E-state index in [0.29, 0.717) is 44.4 Å². The number of morpholine rings is 1. The Labute approximate surface area is 154 Å². The predicted molar refractivity (Wildman–Crippen MR) is 98.7 cm³/mol. The molecule has 0 unspecified atom stereocenters. The van der Waals surface area contributed by atoms with Crippen LogP contribution in [0, 0.1) is 5.82 Å². The Morgan fingerprint density at radius 3 is 2.41 bits per heavy atom. The number of fused-ring (bicyclic) bond motifs is 1. The van der Waals surface area contributed by atoms with Gasteiger partial charge in [0.25, 0.3) is 5.56 Å². The van der Waals surface area contributed by atoms with Crippen molar-refractivity contribution in [2.24, 2.45) is 14.1 Å². The second-order valence-electron chi connectivity index (χ2n) is 6.60. The van der Waals surface area contributed by atoms with E-state index in [9.17, 15) is 14.0 Å². The van der Waals surface area contributed by atoms with Gasteiger partial charge in [-0.1, -0.05) is 12.1 Å². The standard InChI is InChI=1S/C18H20FN5O3/c1-21-15-14(16(25)22(2)18(21)26)20-17(23-7-9-27-10-8-23)24(15)11-12-3-5-13(19)6-4-12/h3-6H,7-11H2,1-2H3. The van der Waals surface area contributed by atoms with Crippen LogP contribution in [0.25, 0.3) is 11.2 Å². The highest BCUT2D eigenvalue weighted by molar-refractivity contribution is 5.74. The zero-order valence-corrected chi connectivity index (χ0v) is 15.2. The highest BCUT2D eigenvalue weighted by Crippen LogP contribution is 2.22. The molecule has 3 aromatic rings. The lowest BCUT2D eigenvalue weighted by molar-refractivity contribution is 0.121. The van der Waals surface area contributed by atoms with Gasteiger partial charge < -0.3 is 9.64 Å². The average molecular weight is 373 g/mol. The van der Waals surface area contributed by atoms with Gasteiger partial charge in [-0.3, -0.25) is 18.5 Å². The van der Waals surface area contributed by atoms with Gasteiger partial charge in [0, 0.05) is 27.2 Å². The minimum Gasteiger partial charge on any atom is -0.378 e. The van der Waals surface area contributed by atoms with E-state index >= 15 is 0 Å². The van der Waals surface area contributed by atoms with Crippen LogP contribution in [-0.4, -0.2) is 45.0 Å². The third-order valence-corrected chi connectivity index (χ3v) is 4.87. The number of imidazole rings is 1. The normalized spacial score (nSPS) is 14.9. The second kappa shape index (κ2) is 6.66. The van der Waals surface area contributed by atoms with Crippen molar-refractivity contribution in [1.82, 2.24) is 18.7 Å². The van der Waals surface area contributed by atoms with Gasteiger partial charge in [0.15, 0.2) is 11.2 Å². The van der Waals surface area contributed by atoms with Gasteiger partial charge in [-0.2, -0.15) is 0 Å². The molecule has 8 nitrogen and oxygen atoms in total. The van der Waals surface area contributed by atoms with Crippen LogP contribution in [0.4, 0.5) is 10.3 Å². The van der Waals surface area contributed by atoms with Crippen molar-refractivity contribution in [3.8, 4) is 0 Å². The maximum atomic E-state index is 13.3. The summed E-state index contributed by atoms with van der Waals surface area (Å²) >= 11 is 0. The lowest BCUT2D eigenvalue weighted by Crippen LogP contribution is -2.38. The van der Waals surface area contributed by atoms with E-state index in [4.69, 9.17) is 4.74 Å². The molecule has 0 N–H and O–H groups in total. The van der Waals surface area contributed by atoms with Crippen LogP contribution in [0.15, 0.2) is 33.9 Å². The summed E-state index contributed by atoms with van der Waals surface area (Å²) < 4.78 is 23.0. The summed E-state index contributed by atoms with van der Waals surface area (Å²) in [5.41, 5.74) is 0.692. The first-order chi connectivity index (χ1) is 13.0. The highest BCUT2D eigenvalue weighted by Gasteiger charge is 2.24. The third kappa shape index (κ3) is 2.93. The summed E-state index contributed by atoms with van der Waals surface area (Å²) in [6, 6.07) is 6.15. The number of aryl methyl sites for hydroxylation is 1. The number of anilines is 1. The number of halogens is 1. The lowest BCUT2D eigenvalue weighted by atomic mass is 10.2. The van der Waals surface area contributed by atoms with Crippen molar-refractivity contribution in [3.63, 3.8) is 0 Å². The summed E-state index contributed by atoms with van der Waals surface area (Å²) in [5, 5.41) is 0. The second-order valence-corrected chi connectivity index (χ2v) is 6.60. The van der Waals surface area contributed by atoms with Crippen molar-refractivity contribution < 1.29 is 9.13 Å². The van der Waals surface area contributed by atoms with E-state index in [-0.39, 0.29) is 11.3 Å². The van der Waals surface area contributed by atoms with E-state index < -0.39 is 11.2 Å². The van der Waals surface area contributed by atoms with Gasteiger partial charge in [0.2, 0.25) is 5.95 Å². The Morgan fingerprint density at radius 2 is 1.74 bits per heavy atom.